The van der Waals surface area contributed by atoms with Gasteiger partial charge in [-0.15, -0.1) is 24.0 Å². The molecule has 0 saturated heterocycles. The molecule has 1 aromatic rings. The molecule has 3 N–H and O–H groups in total. The smallest absolute Gasteiger partial charge is 0.251 e. The fourth-order valence-electron chi connectivity index (χ4n) is 2.71. The molecule has 1 fully saturated rings. The van der Waals surface area contributed by atoms with E-state index in [0.717, 1.165) is 18.1 Å². The van der Waals surface area contributed by atoms with E-state index in [2.05, 4.69) is 27.9 Å². The highest BCUT2D eigenvalue weighted by atomic mass is 127. The van der Waals surface area contributed by atoms with Crippen LogP contribution in [-0.4, -0.2) is 31.5 Å². The highest BCUT2D eigenvalue weighted by Gasteiger charge is 2.15. The van der Waals surface area contributed by atoms with Crippen LogP contribution in [0.15, 0.2) is 29.3 Å². The number of guanidine groups is 1. The molecule has 6 heteroatoms. The van der Waals surface area contributed by atoms with Crippen LogP contribution in [-0.2, 0) is 6.54 Å². The first-order valence-electron chi connectivity index (χ1n) is 8.08. The van der Waals surface area contributed by atoms with Gasteiger partial charge in [-0.05, 0) is 37.5 Å². The molecule has 0 aromatic heterocycles. The number of halogens is 1. The molecule has 1 amide bonds. The Balaban J connectivity index is 0.00000264. The Morgan fingerprint density at radius 3 is 2.70 bits per heavy atom. The Labute approximate surface area is 155 Å². The Morgan fingerprint density at radius 1 is 1.30 bits per heavy atom. The van der Waals surface area contributed by atoms with E-state index in [1.165, 1.54) is 25.7 Å². The minimum Gasteiger partial charge on any atom is -0.357 e. The first-order chi connectivity index (χ1) is 10.7. The fraction of sp³-hybridized carbons (Fsp3) is 0.529. The quantitative estimate of drug-likeness (QED) is 0.383. The molecule has 128 valence electrons. The predicted molar refractivity (Wildman–Crippen MR) is 105 cm³/mol. The maximum atomic E-state index is 11.7. The van der Waals surface area contributed by atoms with Crippen LogP contribution < -0.4 is 16.0 Å². The van der Waals surface area contributed by atoms with Crippen molar-refractivity contribution in [3.05, 3.63) is 35.4 Å². The molecular weight excluding hydrogens is 403 g/mol. The SMILES string of the molecule is CCNC(=NCc1cccc(C(=O)NC)c1)NC1CCCC1.I. The van der Waals surface area contributed by atoms with Crippen molar-refractivity contribution in [3.8, 4) is 0 Å². The molecule has 1 aliphatic rings. The summed E-state index contributed by atoms with van der Waals surface area (Å²) in [6, 6.07) is 8.13. The van der Waals surface area contributed by atoms with Gasteiger partial charge in [0.25, 0.3) is 5.91 Å². The van der Waals surface area contributed by atoms with Crippen molar-refractivity contribution in [2.75, 3.05) is 13.6 Å². The van der Waals surface area contributed by atoms with Crippen LogP contribution in [0.5, 0.6) is 0 Å². The van der Waals surface area contributed by atoms with E-state index >= 15 is 0 Å². The van der Waals surface area contributed by atoms with E-state index < -0.39 is 0 Å². The molecule has 1 aliphatic carbocycles. The molecule has 1 aromatic carbocycles. The number of benzene rings is 1. The number of hydrogen-bond donors (Lipinski definition) is 3. The van der Waals surface area contributed by atoms with Crippen LogP contribution in [0, 0.1) is 0 Å². The van der Waals surface area contributed by atoms with E-state index in [9.17, 15) is 4.79 Å². The molecule has 5 nitrogen and oxygen atoms in total. The summed E-state index contributed by atoms with van der Waals surface area (Å²) >= 11 is 0. The lowest BCUT2D eigenvalue weighted by atomic mass is 10.1. The molecular formula is C17H27IN4O. The van der Waals surface area contributed by atoms with E-state index in [0.29, 0.717) is 18.2 Å². The molecule has 0 spiro atoms. The molecule has 0 heterocycles. The number of rotatable bonds is 5. The van der Waals surface area contributed by atoms with Crippen molar-refractivity contribution in [2.24, 2.45) is 4.99 Å². The van der Waals surface area contributed by atoms with Crippen molar-refractivity contribution in [2.45, 2.75) is 45.2 Å². The van der Waals surface area contributed by atoms with E-state index in [4.69, 9.17) is 0 Å². The van der Waals surface area contributed by atoms with Crippen molar-refractivity contribution >= 4 is 35.8 Å². The average Bonchev–Trinajstić information content (AvgIpc) is 3.05. The molecule has 0 atom stereocenters. The Bertz CT molecular complexity index is 527. The zero-order valence-electron chi connectivity index (χ0n) is 13.9. The third-order valence-corrected chi connectivity index (χ3v) is 3.88. The minimum atomic E-state index is -0.0678. The van der Waals surface area contributed by atoms with Crippen LogP contribution in [0.25, 0.3) is 0 Å². The zero-order valence-corrected chi connectivity index (χ0v) is 16.2. The molecule has 23 heavy (non-hydrogen) atoms. The lowest BCUT2D eigenvalue weighted by Crippen LogP contribution is -2.42. The van der Waals surface area contributed by atoms with Crippen LogP contribution in [0.2, 0.25) is 0 Å². The number of carbonyl (C=O) groups is 1. The van der Waals surface area contributed by atoms with Crippen LogP contribution in [0.4, 0.5) is 0 Å². The lowest BCUT2D eigenvalue weighted by molar-refractivity contribution is 0.0963. The molecule has 0 radical (unpaired) electrons. The second-order valence-electron chi connectivity index (χ2n) is 5.60. The molecule has 2 rings (SSSR count). The largest absolute Gasteiger partial charge is 0.357 e. The van der Waals surface area contributed by atoms with Gasteiger partial charge in [-0.2, -0.15) is 0 Å². The zero-order chi connectivity index (χ0) is 15.8. The number of nitrogens with one attached hydrogen (secondary N) is 3. The van der Waals surface area contributed by atoms with Gasteiger partial charge in [-0.25, -0.2) is 4.99 Å². The Hall–Kier alpha value is -1.31. The Kier molecular flexibility index (Phi) is 8.98. The second kappa shape index (κ2) is 10.5. The summed E-state index contributed by atoms with van der Waals surface area (Å²) in [5, 5.41) is 9.43. The minimum absolute atomic E-state index is 0. The third kappa shape index (κ3) is 6.37. The van der Waals surface area contributed by atoms with Gasteiger partial charge >= 0.3 is 0 Å². The van der Waals surface area contributed by atoms with Crippen molar-refractivity contribution in [1.29, 1.82) is 0 Å². The van der Waals surface area contributed by atoms with Gasteiger partial charge in [-0.3, -0.25) is 4.79 Å². The average molecular weight is 430 g/mol. The number of nitrogens with zero attached hydrogens (tertiary/aromatic N) is 1. The highest BCUT2D eigenvalue weighted by molar-refractivity contribution is 14.0. The monoisotopic (exact) mass is 430 g/mol. The normalized spacial score (nSPS) is 15.0. The number of hydrogen-bond acceptors (Lipinski definition) is 2. The van der Waals surface area contributed by atoms with E-state index in [1.807, 2.05) is 24.3 Å². The maximum Gasteiger partial charge on any atom is 0.251 e. The van der Waals surface area contributed by atoms with Gasteiger partial charge in [0.2, 0.25) is 0 Å². The molecule has 1 saturated carbocycles. The summed E-state index contributed by atoms with van der Waals surface area (Å²) < 4.78 is 0. The summed E-state index contributed by atoms with van der Waals surface area (Å²) in [5.41, 5.74) is 1.70. The second-order valence-corrected chi connectivity index (χ2v) is 5.60. The van der Waals surface area contributed by atoms with Crippen LogP contribution in [0.1, 0.15) is 48.5 Å². The lowest BCUT2D eigenvalue weighted by Gasteiger charge is -2.16. The summed E-state index contributed by atoms with van der Waals surface area (Å²) in [7, 11) is 1.64. The van der Waals surface area contributed by atoms with Crippen molar-refractivity contribution in [3.63, 3.8) is 0 Å². The summed E-state index contributed by atoms with van der Waals surface area (Å²) in [4.78, 5) is 16.3. The van der Waals surface area contributed by atoms with Gasteiger partial charge < -0.3 is 16.0 Å². The van der Waals surface area contributed by atoms with Gasteiger partial charge in [0.1, 0.15) is 0 Å². The highest BCUT2D eigenvalue weighted by Crippen LogP contribution is 2.17. The third-order valence-electron chi connectivity index (χ3n) is 3.88. The topological polar surface area (TPSA) is 65.5 Å². The summed E-state index contributed by atoms with van der Waals surface area (Å²) in [6.07, 6.45) is 5.03. The van der Waals surface area contributed by atoms with Gasteiger partial charge in [0.05, 0.1) is 6.54 Å². The molecule has 0 bridgehead atoms. The van der Waals surface area contributed by atoms with Crippen LogP contribution in [0.3, 0.4) is 0 Å². The van der Waals surface area contributed by atoms with E-state index in [-0.39, 0.29) is 29.9 Å². The number of amides is 1. The predicted octanol–water partition coefficient (Wildman–Crippen LogP) is 2.66. The summed E-state index contributed by atoms with van der Waals surface area (Å²) in [6.45, 7) is 3.47. The van der Waals surface area contributed by atoms with E-state index in [1.54, 1.807) is 7.05 Å². The van der Waals surface area contributed by atoms with Crippen LogP contribution >= 0.6 is 24.0 Å². The van der Waals surface area contributed by atoms with Crippen molar-refractivity contribution in [1.82, 2.24) is 16.0 Å². The van der Waals surface area contributed by atoms with Gasteiger partial charge in [0, 0.05) is 25.2 Å². The fourth-order valence-corrected chi connectivity index (χ4v) is 2.71. The van der Waals surface area contributed by atoms with Crippen molar-refractivity contribution < 1.29 is 4.79 Å². The standard InChI is InChI=1S/C17H26N4O.HI/c1-3-19-17(21-15-9-4-5-10-15)20-12-13-7-6-8-14(11-13)16(22)18-2;/h6-8,11,15H,3-5,9-10,12H2,1-2H3,(H,18,22)(H2,19,20,21);1H. The van der Waals surface area contributed by atoms with Gasteiger partial charge in [0.15, 0.2) is 5.96 Å². The number of aliphatic imine (C=N–C) groups is 1. The first-order valence-corrected chi connectivity index (χ1v) is 8.08. The molecule has 0 aliphatic heterocycles. The molecule has 0 unspecified atom stereocenters. The first kappa shape index (κ1) is 19.7. The number of carbonyl (C=O) groups excluding carboxylic acids is 1. The maximum absolute atomic E-state index is 11.7. The Morgan fingerprint density at radius 2 is 2.04 bits per heavy atom. The summed E-state index contributed by atoms with van der Waals surface area (Å²) in [5.74, 6) is 0.793. The van der Waals surface area contributed by atoms with Gasteiger partial charge in [-0.1, -0.05) is 25.0 Å².